The number of benzene rings is 1. The Morgan fingerprint density at radius 1 is 1.21 bits per heavy atom. The largest absolute Gasteiger partial charge is 0.493 e. The number of aryl methyl sites for hydroxylation is 1. The van der Waals surface area contributed by atoms with E-state index in [2.05, 4.69) is 0 Å². The number of methoxy groups -OCH3 is 1. The Morgan fingerprint density at radius 2 is 2.00 bits per heavy atom. The van der Waals surface area contributed by atoms with E-state index in [-0.39, 0.29) is 48.1 Å². The molecule has 2 aromatic rings. The average Bonchev–Trinajstić information content (AvgIpc) is 3.34. The van der Waals surface area contributed by atoms with Gasteiger partial charge in [0.2, 0.25) is 0 Å². The Balaban J connectivity index is 1.56. The summed E-state index contributed by atoms with van der Waals surface area (Å²) in [5.41, 5.74) is 0.708. The van der Waals surface area contributed by atoms with Crippen molar-refractivity contribution in [2.45, 2.75) is 44.6 Å². The van der Waals surface area contributed by atoms with Gasteiger partial charge >= 0.3 is 11.9 Å². The third-order valence-corrected chi connectivity index (χ3v) is 7.42. The number of esters is 2. The van der Waals surface area contributed by atoms with Crippen LogP contribution in [0.4, 0.5) is 0 Å². The van der Waals surface area contributed by atoms with Gasteiger partial charge in [0, 0.05) is 28.6 Å². The van der Waals surface area contributed by atoms with Gasteiger partial charge in [-0.2, -0.15) is 0 Å². The van der Waals surface area contributed by atoms with Crippen LogP contribution in [0.25, 0.3) is 0 Å². The van der Waals surface area contributed by atoms with Crippen LogP contribution in [0.1, 0.15) is 46.3 Å². The number of halogens is 2. The van der Waals surface area contributed by atoms with Gasteiger partial charge in [-0.3, -0.25) is 9.59 Å². The highest BCUT2D eigenvalue weighted by molar-refractivity contribution is 7.13. The fraction of sp³-hybridized carbons (Fsp3) is 0.458. The van der Waals surface area contributed by atoms with Gasteiger partial charge in [0.15, 0.2) is 0 Å². The predicted octanol–water partition coefficient (Wildman–Crippen LogP) is 5.47. The summed E-state index contributed by atoms with van der Waals surface area (Å²) >= 11 is 14.1. The van der Waals surface area contributed by atoms with Crippen molar-refractivity contribution >= 4 is 52.3 Å². The average molecular weight is 513 g/mol. The molecule has 1 saturated carbocycles. The summed E-state index contributed by atoms with van der Waals surface area (Å²) in [4.78, 5) is 36.9. The summed E-state index contributed by atoms with van der Waals surface area (Å²) in [6.07, 6.45) is 2.77. The minimum absolute atomic E-state index is 0.0129. The van der Waals surface area contributed by atoms with Crippen LogP contribution in [-0.2, 0) is 32.1 Å². The molecule has 6 nitrogen and oxygen atoms in total. The van der Waals surface area contributed by atoms with Crippen LogP contribution in [0, 0.1) is 11.8 Å². The summed E-state index contributed by atoms with van der Waals surface area (Å²) in [6, 6.07) is 8.82. The number of hydrogen-bond acceptors (Lipinski definition) is 7. The minimum Gasteiger partial charge on any atom is -0.493 e. The lowest BCUT2D eigenvalue weighted by molar-refractivity contribution is -0.142. The Hall–Kier alpha value is -2.09. The summed E-state index contributed by atoms with van der Waals surface area (Å²) in [5.74, 6) is -0.373. The predicted molar refractivity (Wildman–Crippen MR) is 127 cm³/mol. The van der Waals surface area contributed by atoms with Crippen LogP contribution >= 0.6 is 34.5 Å². The molecule has 0 N–H and O–H groups in total. The zero-order chi connectivity index (χ0) is 24.0. The molecule has 0 bridgehead atoms. The van der Waals surface area contributed by atoms with Crippen molar-refractivity contribution in [3.63, 3.8) is 0 Å². The van der Waals surface area contributed by atoms with Gasteiger partial charge in [-0.25, -0.2) is 4.79 Å². The molecule has 0 amide bonds. The molecule has 0 aliphatic heterocycles. The fourth-order valence-electron chi connectivity index (χ4n) is 3.98. The van der Waals surface area contributed by atoms with E-state index in [1.54, 1.807) is 24.3 Å². The first-order chi connectivity index (χ1) is 15.8. The van der Waals surface area contributed by atoms with E-state index in [1.807, 2.05) is 6.07 Å². The molecule has 3 rings (SSSR count). The number of alkyl halides is 1. The highest BCUT2D eigenvalue weighted by Gasteiger charge is 2.41. The van der Waals surface area contributed by atoms with E-state index in [0.29, 0.717) is 27.6 Å². The molecular formula is C24H26Cl2O6S. The van der Waals surface area contributed by atoms with Crippen LogP contribution in [0.2, 0.25) is 5.02 Å². The van der Waals surface area contributed by atoms with Crippen molar-refractivity contribution < 1.29 is 28.6 Å². The molecule has 33 heavy (non-hydrogen) atoms. The Morgan fingerprint density at radius 3 is 2.73 bits per heavy atom. The SMILES string of the molecule is COC(=O)c1ccc(CCC[C@@H]2C(COc3cc(Cl)cc(COC(C)=O)c3)C(=O)C[C@H]2Cl)s1. The highest BCUT2D eigenvalue weighted by atomic mass is 35.5. The molecule has 1 aromatic heterocycles. The van der Waals surface area contributed by atoms with E-state index in [4.69, 9.17) is 37.4 Å². The molecule has 178 valence electrons. The van der Waals surface area contributed by atoms with Gasteiger partial charge in [-0.1, -0.05) is 11.6 Å². The monoisotopic (exact) mass is 512 g/mol. The zero-order valence-electron chi connectivity index (χ0n) is 18.5. The Labute approximate surface area is 207 Å². The molecule has 0 radical (unpaired) electrons. The van der Waals surface area contributed by atoms with E-state index in [0.717, 1.165) is 24.1 Å². The van der Waals surface area contributed by atoms with Gasteiger partial charge in [-0.15, -0.1) is 22.9 Å². The quantitative estimate of drug-likeness (QED) is 0.310. The summed E-state index contributed by atoms with van der Waals surface area (Å²) in [6.45, 7) is 1.65. The lowest BCUT2D eigenvalue weighted by Crippen LogP contribution is -2.25. The van der Waals surface area contributed by atoms with E-state index >= 15 is 0 Å². The third-order valence-electron chi connectivity index (χ3n) is 5.60. The first-order valence-corrected chi connectivity index (χ1v) is 12.3. The molecular weight excluding hydrogens is 487 g/mol. The zero-order valence-corrected chi connectivity index (χ0v) is 20.8. The normalized spacial score (nSPS) is 20.0. The van der Waals surface area contributed by atoms with Crippen molar-refractivity contribution in [1.82, 2.24) is 0 Å². The lowest BCUT2D eigenvalue weighted by atomic mass is 9.91. The smallest absolute Gasteiger partial charge is 0.348 e. The number of ether oxygens (including phenoxy) is 3. The maximum absolute atomic E-state index is 12.6. The van der Waals surface area contributed by atoms with Crippen molar-refractivity contribution in [2.75, 3.05) is 13.7 Å². The first-order valence-electron chi connectivity index (χ1n) is 10.7. The van der Waals surface area contributed by atoms with Crippen LogP contribution in [0.15, 0.2) is 30.3 Å². The first kappa shape index (κ1) is 25.5. The molecule has 1 heterocycles. The molecule has 3 atom stereocenters. The summed E-state index contributed by atoms with van der Waals surface area (Å²) < 4.78 is 15.7. The van der Waals surface area contributed by atoms with Crippen molar-refractivity contribution in [2.24, 2.45) is 11.8 Å². The number of hydrogen-bond donors (Lipinski definition) is 0. The fourth-order valence-corrected chi connectivity index (χ4v) is 5.65. The van der Waals surface area contributed by atoms with Crippen LogP contribution in [0.3, 0.4) is 0 Å². The van der Waals surface area contributed by atoms with Crippen LogP contribution in [-0.4, -0.2) is 36.8 Å². The van der Waals surface area contributed by atoms with Crippen molar-refractivity contribution in [3.8, 4) is 5.75 Å². The third kappa shape index (κ3) is 7.19. The van der Waals surface area contributed by atoms with Gasteiger partial charge in [0.1, 0.15) is 23.0 Å². The second-order valence-corrected chi connectivity index (χ2v) is 10.2. The number of carbonyl (C=O) groups is 3. The van der Waals surface area contributed by atoms with Crippen LogP contribution < -0.4 is 4.74 Å². The number of thiophene rings is 1. The minimum atomic E-state index is -0.380. The number of Topliss-reactive ketones (excluding diaryl/α,β-unsaturated/α-hetero) is 1. The molecule has 0 saturated heterocycles. The summed E-state index contributed by atoms with van der Waals surface area (Å²) in [7, 11) is 1.37. The standard InChI is InChI=1S/C24H26Cl2O6S/c1-14(27)31-12-15-8-16(25)10-17(9-15)32-13-20-19(21(26)11-22(20)28)5-3-4-18-6-7-23(33-18)24(29)30-2/h6-10,19-21H,3-5,11-13H2,1-2H3/t19-,20?,21-/m1/s1. The van der Waals surface area contributed by atoms with Gasteiger partial charge in [-0.05, 0) is 61.1 Å². The second-order valence-electron chi connectivity index (χ2n) is 7.99. The lowest BCUT2D eigenvalue weighted by Gasteiger charge is -2.21. The number of ketones is 1. The van der Waals surface area contributed by atoms with E-state index < -0.39 is 0 Å². The topological polar surface area (TPSA) is 78.9 Å². The number of carbonyl (C=O) groups excluding carboxylic acids is 3. The highest BCUT2D eigenvalue weighted by Crippen LogP contribution is 2.37. The molecule has 1 aliphatic rings. The van der Waals surface area contributed by atoms with E-state index in [1.165, 1.54) is 25.4 Å². The molecule has 1 fully saturated rings. The molecule has 1 unspecified atom stereocenters. The van der Waals surface area contributed by atoms with Crippen molar-refractivity contribution in [3.05, 3.63) is 50.7 Å². The maximum Gasteiger partial charge on any atom is 0.348 e. The van der Waals surface area contributed by atoms with Crippen LogP contribution in [0.5, 0.6) is 5.75 Å². The van der Waals surface area contributed by atoms with Gasteiger partial charge < -0.3 is 14.2 Å². The second kappa shape index (κ2) is 11.9. The van der Waals surface area contributed by atoms with Gasteiger partial charge in [0.25, 0.3) is 0 Å². The molecule has 1 aromatic carbocycles. The Bertz CT molecular complexity index is 1000. The van der Waals surface area contributed by atoms with Gasteiger partial charge in [0.05, 0.1) is 19.6 Å². The molecule has 1 aliphatic carbocycles. The Kier molecular flexibility index (Phi) is 9.18. The van der Waals surface area contributed by atoms with E-state index in [9.17, 15) is 14.4 Å². The molecule has 9 heteroatoms. The maximum atomic E-state index is 12.6. The van der Waals surface area contributed by atoms with Crippen molar-refractivity contribution in [1.29, 1.82) is 0 Å². The number of rotatable bonds is 10. The molecule has 0 spiro atoms. The summed E-state index contributed by atoms with van der Waals surface area (Å²) in [5, 5.41) is 0.236.